The maximum atomic E-state index is 12.8. The molecule has 1 amide bonds. The zero-order valence-corrected chi connectivity index (χ0v) is 16.1. The second kappa shape index (κ2) is 8.37. The van der Waals surface area contributed by atoms with E-state index in [9.17, 15) is 14.7 Å². The zero-order chi connectivity index (χ0) is 19.4. The van der Waals surface area contributed by atoms with E-state index in [4.69, 9.17) is 17.0 Å². The van der Waals surface area contributed by atoms with Gasteiger partial charge in [0.25, 0.3) is 5.91 Å². The normalized spacial score (nSPS) is 16.6. The average Bonchev–Trinajstić information content (AvgIpc) is 2.94. The second-order valence-electron chi connectivity index (χ2n) is 5.87. The molecule has 0 aliphatic carbocycles. The van der Waals surface area contributed by atoms with E-state index < -0.39 is 12.0 Å². The summed E-state index contributed by atoms with van der Waals surface area (Å²) >= 11 is 6.42. The molecular weight excluding hydrogens is 382 g/mol. The second-order valence-corrected chi connectivity index (χ2v) is 7.54. The van der Waals surface area contributed by atoms with Crippen molar-refractivity contribution in [2.75, 3.05) is 7.11 Å². The molecule has 2 aromatic rings. The third-order valence-electron chi connectivity index (χ3n) is 4.11. The molecule has 138 valence electrons. The maximum absolute atomic E-state index is 12.8. The molecule has 0 aromatic heterocycles. The molecule has 7 heteroatoms. The highest BCUT2D eigenvalue weighted by Crippen LogP contribution is 2.35. The van der Waals surface area contributed by atoms with Gasteiger partial charge in [-0.25, -0.2) is 4.79 Å². The highest BCUT2D eigenvalue weighted by Gasteiger charge is 2.40. The lowest BCUT2D eigenvalue weighted by atomic mass is 10.0. The van der Waals surface area contributed by atoms with Crippen molar-refractivity contribution < 1.29 is 19.4 Å². The van der Waals surface area contributed by atoms with Crippen molar-refractivity contribution in [3.05, 3.63) is 70.6 Å². The number of carbonyl (C=O) groups excluding carboxylic acids is 1. The van der Waals surface area contributed by atoms with Gasteiger partial charge in [0.15, 0.2) is 0 Å². The highest BCUT2D eigenvalue weighted by molar-refractivity contribution is 8.26. The molecule has 27 heavy (non-hydrogen) atoms. The van der Waals surface area contributed by atoms with Gasteiger partial charge in [-0.3, -0.25) is 9.69 Å². The summed E-state index contributed by atoms with van der Waals surface area (Å²) in [6, 6.07) is 15.4. The van der Waals surface area contributed by atoms with Gasteiger partial charge in [-0.1, -0.05) is 66.4 Å². The quantitative estimate of drug-likeness (QED) is 0.591. The molecular formula is C20H17NO4S2. The Morgan fingerprint density at radius 2 is 1.89 bits per heavy atom. The SMILES string of the molecule is COc1ccc(/C=C2/SC(=S)N([C@@H](Cc3ccccc3)C(=O)O)C2=O)cc1. The van der Waals surface area contributed by atoms with Crippen LogP contribution in [0, 0.1) is 0 Å². The van der Waals surface area contributed by atoms with E-state index in [2.05, 4.69) is 0 Å². The molecule has 1 fully saturated rings. The zero-order valence-electron chi connectivity index (χ0n) is 14.5. The molecule has 1 heterocycles. The Hall–Kier alpha value is -2.64. The largest absolute Gasteiger partial charge is 0.497 e. The van der Waals surface area contributed by atoms with Gasteiger partial charge >= 0.3 is 5.97 Å². The van der Waals surface area contributed by atoms with Crippen LogP contribution in [0.5, 0.6) is 5.75 Å². The number of rotatable bonds is 6. The summed E-state index contributed by atoms with van der Waals surface area (Å²) in [5.41, 5.74) is 1.64. The van der Waals surface area contributed by atoms with E-state index in [1.165, 1.54) is 4.90 Å². The Morgan fingerprint density at radius 3 is 2.48 bits per heavy atom. The third-order valence-corrected chi connectivity index (χ3v) is 5.44. The van der Waals surface area contributed by atoms with Crippen molar-refractivity contribution in [2.24, 2.45) is 0 Å². The van der Waals surface area contributed by atoms with Gasteiger partial charge in [0.2, 0.25) is 0 Å². The van der Waals surface area contributed by atoms with Gasteiger partial charge in [0.05, 0.1) is 12.0 Å². The summed E-state index contributed by atoms with van der Waals surface area (Å²) in [6.07, 6.45) is 1.90. The van der Waals surface area contributed by atoms with Crippen LogP contribution in [0.1, 0.15) is 11.1 Å². The van der Waals surface area contributed by atoms with Crippen LogP contribution >= 0.6 is 24.0 Å². The van der Waals surface area contributed by atoms with Gasteiger partial charge in [-0.15, -0.1) is 0 Å². The minimum atomic E-state index is -1.08. The average molecular weight is 399 g/mol. The molecule has 0 bridgehead atoms. The molecule has 1 aliphatic heterocycles. The molecule has 1 atom stereocenters. The number of benzene rings is 2. The number of hydrogen-bond acceptors (Lipinski definition) is 5. The Balaban J connectivity index is 1.84. The first-order chi connectivity index (χ1) is 13.0. The lowest BCUT2D eigenvalue weighted by Gasteiger charge is -2.23. The Kier molecular flexibility index (Phi) is 5.93. The van der Waals surface area contributed by atoms with E-state index in [1.807, 2.05) is 42.5 Å². The molecule has 1 saturated heterocycles. The van der Waals surface area contributed by atoms with Crippen molar-refractivity contribution in [1.29, 1.82) is 0 Å². The maximum Gasteiger partial charge on any atom is 0.327 e. The molecule has 0 unspecified atom stereocenters. The first-order valence-electron chi connectivity index (χ1n) is 8.17. The van der Waals surface area contributed by atoms with Gasteiger partial charge in [-0.05, 0) is 29.3 Å². The van der Waals surface area contributed by atoms with Crippen LogP contribution in [-0.2, 0) is 16.0 Å². The summed E-state index contributed by atoms with van der Waals surface area (Å²) in [7, 11) is 1.58. The van der Waals surface area contributed by atoms with Crippen LogP contribution in [0.15, 0.2) is 59.5 Å². The molecule has 0 saturated carbocycles. The van der Waals surface area contributed by atoms with Crippen LogP contribution in [0.4, 0.5) is 0 Å². The highest BCUT2D eigenvalue weighted by atomic mass is 32.2. The fourth-order valence-corrected chi connectivity index (χ4v) is 4.08. The van der Waals surface area contributed by atoms with Gasteiger partial charge in [0, 0.05) is 6.42 Å². The number of ether oxygens (including phenoxy) is 1. The molecule has 1 aliphatic rings. The van der Waals surface area contributed by atoms with Gasteiger partial charge in [0.1, 0.15) is 16.1 Å². The lowest BCUT2D eigenvalue weighted by Crippen LogP contribution is -2.45. The van der Waals surface area contributed by atoms with E-state index in [-0.39, 0.29) is 16.6 Å². The minimum absolute atomic E-state index is 0.193. The number of carboxylic acids is 1. The van der Waals surface area contributed by atoms with Crippen LogP contribution < -0.4 is 4.74 Å². The topological polar surface area (TPSA) is 66.8 Å². The summed E-state index contributed by atoms with van der Waals surface area (Å²) in [5.74, 6) is -0.751. The lowest BCUT2D eigenvalue weighted by molar-refractivity contribution is -0.145. The number of thiocarbonyl (C=S) groups is 1. The van der Waals surface area contributed by atoms with Gasteiger partial charge < -0.3 is 9.84 Å². The fraction of sp³-hybridized carbons (Fsp3) is 0.150. The van der Waals surface area contributed by atoms with Gasteiger partial charge in [-0.2, -0.15) is 0 Å². The summed E-state index contributed by atoms with van der Waals surface area (Å²) in [6.45, 7) is 0. The first kappa shape index (κ1) is 19.1. The predicted octanol–water partition coefficient (Wildman–Crippen LogP) is 3.59. The van der Waals surface area contributed by atoms with Crippen molar-refractivity contribution in [1.82, 2.24) is 4.90 Å². The van der Waals surface area contributed by atoms with Crippen LogP contribution in [0.2, 0.25) is 0 Å². The molecule has 1 N–H and O–H groups in total. The summed E-state index contributed by atoms with van der Waals surface area (Å²) in [4.78, 5) is 26.3. The number of methoxy groups -OCH3 is 1. The molecule has 3 rings (SSSR count). The third kappa shape index (κ3) is 4.37. The minimum Gasteiger partial charge on any atom is -0.497 e. The summed E-state index contributed by atoms with van der Waals surface area (Å²) < 4.78 is 5.37. The number of amides is 1. The van der Waals surface area contributed by atoms with E-state index in [0.717, 1.165) is 22.9 Å². The monoisotopic (exact) mass is 399 g/mol. The number of carbonyl (C=O) groups is 2. The predicted molar refractivity (Wildman–Crippen MR) is 110 cm³/mol. The number of hydrogen-bond donors (Lipinski definition) is 1. The van der Waals surface area contributed by atoms with Crippen LogP contribution in [0.25, 0.3) is 6.08 Å². The number of nitrogens with zero attached hydrogens (tertiary/aromatic N) is 1. The molecule has 2 aromatic carbocycles. The van der Waals surface area contributed by atoms with Crippen molar-refractivity contribution in [3.63, 3.8) is 0 Å². The van der Waals surface area contributed by atoms with Crippen LogP contribution in [-0.4, -0.2) is 39.4 Å². The fourth-order valence-electron chi connectivity index (χ4n) is 2.73. The Bertz CT molecular complexity index is 894. The first-order valence-corrected chi connectivity index (χ1v) is 9.40. The number of aliphatic carboxylic acids is 1. The van der Waals surface area contributed by atoms with Crippen LogP contribution in [0.3, 0.4) is 0 Å². The summed E-state index contributed by atoms with van der Waals surface area (Å²) in [5, 5.41) is 9.67. The Labute approximate surface area is 166 Å². The van der Waals surface area contributed by atoms with Crippen molar-refractivity contribution in [3.8, 4) is 5.75 Å². The number of carboxylic acid groups (broad SMARTS) is 1. The van der Waals surface area contributed by atoms with E-state index in [0.29, 0.717) is 10.7 Å². The Morgan fingerprint density at radius 1 is 1.22 bits per heavy atom. The number of thioether (sulfide) groups is 1. The van der Waals surface area contributed by atoms with Crippen molar-refractivity contribution >= 4 is 46.3 Å². The molecule has 5 nitrogen and oxygen atoms in total. The van der Waals surface area contributed by atoms with E-state index in [1.54, 1.807) is 25.3 Å². The molecule has 0 spiro atoms. The van der Waals surface area contributed by atoms with Crippen molar-refractivity contribution in [2.45, 2.75) is 12.5 Å². The molecule has 0 radical (unpaired) electrons. The standard InChI is InChI=1S/C20H17NO4S2/c1-25-15-9-7-14(8-10-15)12-17-18(22)21(20(26)27-17)16(19(23)24)11-13-5-3-2-4-6-13/h2-10,12,16H,11H2,1H3,(H,23,24)/b17-12+/t16-/m0/s1. The van der Waals surface area contributed by atoms with E-state index >= 15 is 0 Å². The smallest absolute Gasteiger partial charge is 0.327 e.